The highest BCUT2D eigenvalue weighted by Crippen LogP contribution is 2.22. The molecule has 25 heavy (non-hydrogen) atoms. The Morgan fingerprint density at radius 1 is 0.640 bits per heavy atom. The van der Waals surface area contributed by atoms with Crippen LogP contribution in [0.25, 0.3) is 0 Å². The maximum atomic E-state index is 14.4. The molecule has 0 aromatic rings. The number of halogens is 1. The number of hydrogen-bond donors (Lipinski definition) is 0. The summed E-state index contributed by atoms with van der Waals surface area (Å²) >= 11 is 0. The zero-order valence-corrected chi connectivity index (χ0v) is 17.8. The quantitative estimate of drug-likeness (QED) is 0.160. The Morgan fingerprint density at radius 3 is 1.64 bits per heavy atom. The fourth-order valence-corrected chi connectivity index (χ4v) is 3.50. The van der Waals surface area contributed by atoms with E-state index in [1.54, 1.807) is 0 Å². The standard InChI is InChI=1S/C24H47F/c1-4-7-9-11-13-15-17-19-22-23(24(25)20-6-3)21-18-16-14-12-10-8-5-2/h22,24H,4-21H2,1-3H3. The Bertz CT molecular complexity index is 282. The van der Waals surface area contributed by atoms with Crippen molar-refractivity contribution in [2.24, 2.45) is 0 Å². The van der Waals surface area contributed by atoms with Gasteiger partial charge in [-0.1, -0.05) is 110 Å². The lowest BCUT2D eigenvalue weighted by atomic mass is 9.97. The lowest BCUT2D eigenvalue weighted by Gasteiger charge is -2.13. The normalized spacial score (nSPS) is 13.4. The van der Waals surface area contributed by atoms with Gasteiger partial charge in [-0.05, 0) is 37.7 Å². The molecule has 0 rings (SSSR count). The average molecular weight is 355 g/mol. The zero-order valence-electron chi connectivity index (χ0n) is 17.8. The summed E-state index contributed by atoms with van der Waals surface area (Å²) in [6, 6.07) is 0. The molecular weight excluding hydrogens is 307 g/mol. The van der Waals surface area contributed by atoms with E-state index in [1.807, 2.05) is 0 Å². The van der Waals surface area contributed by atoms with E-state index < -0.39 is 6.17 Å². The van der Waals surface area contributed by atoms with Crippen LogP contribution in [-0.2, 0) is 0 Å². The summed E-state index contributed by atoms with van der Waals surface area (Å²) in [5.74, 6) is 0. The van der Waals surface area contributed by atoms with E-state index in [9.17, 15) is 4.39 Å². The number of unbranched alkanes of at least 4 members (excludes halogenated alkanes) is 13. The fraction of sp³-hybridized carbons (Fsp3) is 0.917. The van der Waals surface area contributed by atoms with Crippen LogP contribution in [0.2, 0.25) is 0 Å². The lowest BCUT2D eigenvalue weighted by molar-refractivity contribution is 0.346. The second kappa shape index (κ2) is 20.0. The van der Waals surface area contributed by atoms with Crippen LogP contribution in [0.4, 0.5) is 4.39 Å². The molecule has 1 atom stereocenters. The molecule has 0 N–H and O–H groups in total. The molecule has 0 fully saturated rings. The molecule has 0 aromatic heterocycles. The van der Waals surface area contributed by atoms with Crippen molar-refractivity contribution in [1.82, 2.24) is 0 Å². The van der Waals surface area contributed by atoms with E-state index in [4.69, 9.17) is 0 Å². The van der Waals surface area contributed by atoms with Gasteiger partial charge in [-0.15, -0.1) is 0 Å². The first-order valence-corrected chi connectivity index (χ1v) is 11.6. The van der Waals surface area contributed by atoms with Gasteiger partial charge in [0.25, 0.3) is 0 Å². The molecule has 0 spiro atoms. The smallest absolute Gasteiger partial charge is 0.121 e. The molecule has 0 saturated carbocycles. The molecule has 0 saturated heterocycles. The number of rotatable bonds is 19. The Labute approximate surface area is 159 Å². The molecule has 0 nitrogen and oxygen atoms in total. The molecule has 150 valence electrons. The van der Waals surface area contributed by atoms with Crippen molar-refractivity contribution >= 4 is 0 Å². The maximum Gasteiger partial charge on any atom is 0.121 e. The van der Waals surface area contributed by atoms with Gasteiger partial charge < -0.3 is 0 Å². The van der Waals surface area contributed by atoms with Crippen LogP contribution in [0.3, 0.4) is 0 Å². The summed E-state index contributed by atoms with van der Waals surface area (Å²) in [6.07, 6.45) is 23.9. The van der Waals surface area contributed by atoms with Gasteiger partial charge in [0.1, 0.15) is 6.17 Å². The van der Waals surface area contributed by atoms with E-state index in [0.29, 0.717) is 6.42 Å². The van der Waals surface area contributed by atoms with E-state index in [2.05, 4.69) is 26.8 Å². The minimum Gasteiger partial charge on any atom is -0.243 e. The zero-order chi connectivity index (χ0) is 18.6. The lowest BCUT2D eigenvalue weighted by Crippen LogP contribution is -2.04. The van der Waals surface area contributed by atoms with Crippen molar-refractivity contribution in [3.05, 3.63) is 11.6 Å². The largest absolute Gasteiger partial charge is 0.243 e. The van der Waals surface area contributed by atoms with E-state index in [1.165, 1.54) is 89.9 Å². The molecule has 0 aliphatic carbocycles. The first-order valence-electron chi connectivity index (χ1n) is 11.6. The Kier molecular flexibility index (Phi) is 19.7. The third-order valence-corrected chi connectivity index (χ3v) is 5.23. The van der Waals surface area contributed by atoms with Crippen LogP contribution >= 0.6 is 0 Å². The number of allylic oxidation sites excluding steroid dienone is 2. The first kappa shape index (κ1) is 24.7. The summed E-state index contributed by atoms with van der Waals surface area (Å²) in [5, 5.41) is 0. The van der Waals surface area contributed by atoms with Crippen molar-refractivity contribution < 1.29 is 4.39 Å². The van der Waals surface area contributed by atoms with E-state index >= 15 is 0 Å². The van der Waals surface area contributed by atoms with E-state index in [0.717, 1.165) is 24.8 Å². The van der Waals surface area contributed by atoms with Gasteiger partial charge in [-0.25, -0.2) is 4.39 Å². The summed E-state index contributed by atoms with van der Waals surface area (Å²) in [6.45, 7) is 6.62. The van der Waals surface area contributed by atoms with Crippen molar-refractivity contribution in [2.75, 3.05) is 0 Å². The second-order valence-electron chi connectivity index (χ2n) is 7.82. The van der Waals surface area contributed by atoms with Crippen LogP contribution in [-0.4, -0.2) is 6.17 Å². The molecule has 0 heterocycles. The minimum absolute atomic E-state index is 0.686. The van der Waals surface area contributed by atoms with Crippen molar-refractivity contribution in [3.8, 4) is 0 Å². The highest BCUT2D eigenvalue weighted by molar-refractivity contribution is 5.08. The SMILES string of the molecule is CCCCCCCCCC=C(CCCCCCCCC)C(F)CCC. The van der Waals surface area contributed by atoms with Crippen molar-refractivity contribution in [1.29, 1.82) is 0 Å². The molecule has 0 bridgehead atoms. The summed E-state index contributed by atoms with van der Waals surface area (Å²) in [5.41, 5.74) is 1.11. The van der Waals surface area contributed by atoms with Crippen molar-refractivity contribution in [3.63, 3.8) is 0 Å². The van der Waals surface area contributed by atoms with Crippen LogP contribution in [0.5, 0.6) is 0 Å². The highest BCUT2D eigenvalue weighted by Gasteiger charge is 2.11. The third-order valence-electron chi connectivity index (χ3n) is 5.23. The fourth-order valence-electron chi connectivity index (χ4n) is 3.50. The summed E-state index contributed by atoms with van der Waals surface area (Å²) < 4.78 is 14.4. The number of hydrogen-bond acceptors (Lipinski definition) is 0. The molecular formula is C24H47F. The van der Waals surface area contributed by atoms with Gasteiger partial charge in [-0.3, -0.25) is 0 Å². The van der Waals surface area contributed by atoms with Gasteiger partial charge in [0.15, 0.2) is 0 Å². The van der Waals surface area contributed by atoms with Gasteiger partial charge in [0, 0.05) is 0 Å². The van der Waals surface area contributed by atoms with Gasteiger partial charge >= 0.3 is 0 Å². The Hall–Kier alpha value is -0.330. The third kappa shape index (κ3) is 16.9. The van der Waals surface area contributed by atoms with Gasteiger partial charge in [0.2, 0.25) is 0 Å². The molecule has 0 aliphatic heterocycles. The first-order chi connectivity index (χ1) is 12.3. The molecule has 0 aromatic carbocycles. The molecule has 1 heteroatoms. The molecule has 0 aliphatic rings. The van der Waals surface area contributed by atoms with E-state index in [-0.39, 0.29) is 0 Å². The molecule has 0 amide bonds. The predicted molar refractivity (Wildman–Crippen MR) is 113 cm³/mol. The van der Waals surface area contributed by atoms with Crippen LogP contribution in [0.15, 0.2) is 11.6 Å². The number of alkyl halides is 1. The maximum absolute atomic E-state index is 14.4. The Morgan fingerprint density at radius 2 is 1.12 bits per heavy atom. The second-order valence-corrected chi connectivity index (χ2v) is 7.82. The Balaban J connectivity index is 3.91. The predicted octanol–water partition coefficient (Wildman–Crippen LogP) is 9.33. The topological polar surface area (TPSA) is 0 Å². The van der Waals surface area contributed by atoms with Gasteiger partial charge in [0.05, 0.1) is 0 Å². The highest BCUT2D eigenvalue weighted by atomic mass is 19.1. The summed E-state index contributed by atoms with van der Waals surface area (Å²) in [7, 11) is 0. The molecule has 1 unspecified atom stereocenters. The average Bonchev–Trinajstić information content (AvgIpc) is 2.61. The van der Waals surface area contributed by atoms with Crippen LogP contribution < -0.4 is 0 Å². The van der Waals surface area contributed by atoms with Gasteiger partial charge in [-0.2, -0.15) is 0 Å². The summed E-state index contributed by atoms with van der Waals surface area (Å²) in [4.78, 5) is 0. The molecule has 0 radical (unpaired) electrons. The van der Waals surface area contributed by atoms with Crippen molar-refractivity contribution in [2.45, 2.75) is 143 Å². The minimum atomic E-state index is -0.686. The van der Waals surface area contributed by atoms with Crippen LogP contribution in [0, 0.1) is 0 Å². The van der Waals surface area contributed by atoms with Crippen LogP contribution in [0.1, 0.15) is 136 Å². The monoisotopic (exact) mass is 354 g/mol.